The Kier molecular flexibility index (Phi) is 3.46. The van der Waals surface area contributed by atoms with Gasteiger partial charge in [0.05, 0.1) is 12.3 Å². The lowest BCUT2D eigenvalue weighted by atomic mass is 9.93. The lowest BCUT2D eigenvalue weighted by Crippen LogP contribution is -2.41. The van der Waals surface area contributed by atoms with Crippen LogP contribution in [0.2, 0.25) is 0 Å². The molecule has 5 heteroatoms. The summed E-state index contributed by atoms with van der Waals surface area (Å²) in [4.78, 5) is 14.0. The number of hydrogen-bond acceptors (Lipinski definition) is 3. The first kappa shape index (κ1) is 12.5. The first-order valence-electron chi connectivity index (χ1n) is 7.00. The van der Waals surface area contributed by atoms with Gasteiger partial charge in [-0.3, -0.25) is 0 Å². The number of furan rings is 1. The van der Waals surface area contributed by atoms with Crippen molar-refractivity contribution in [3.8, 4) is 0 Å². The Morgan fingerprint density at radius 1 is 1.53 bits per heavy atom. The minimum atomic E-state index is -0.0185. The Hall–Kier alpha value is -1.49. The number of nitrogens with one attached hydrogen (secondary N) is 1. The van der Waals surface area contributed by atoms with Crippen LogP contribution in [0.25, 0.3) is 0 Å². The minimum Gasteiger partial charge on any atom is -0.469 e. The van der Waals surface area contributed by atoms with Crippen LogP contribution in [0.4, 0.5) is 4.79 Å². The maximum absolute atomic E-state index is 12.2. The normalized spacial score (nSPS) is 26.3. The highest BCUT2D eigenvalue weighted by Crippen LogP contribution is 2.30. The molecule has 0 saturated carbocycles. The van der Waals surface area contributed by atoms with E-state index in [9.17, 15) is 4.79 Å². The van der Waals surface area contributed by atoms with Gasteiger partial charge in [0.25, 0.3) is 0 Å². The molecule has 2 unspecified atom stereocenters. The van der Waals surface area contributed by atoms with Gasteiger partial charge in [0.1, 0.15) is 5.76 Å². The summed E-state index contributed by atoms with van der Waals surface area (Å²) in [6.07, 6.45) is 5.57. The molecule has 0 radical (unpaired) electrons. The van der Waals surface area contributed by atoms with Gasteiger partial charge >= 0.3 is 6.03 Å². The lowest BCUT2D eigenvalue weighted by molar-refractivity contribution is 0.193. The van der Waals surface area contributed by atoms with E-state index in [0.717, 1.165) is 43.6 Å². The van der Waals surface area contributed by atoms with E-state index in [-0.39, 0.29) is 24.6 Å². The summed E-state index contributed by atoms with van der Waals surface area (Å²) in [5, 5.41) is 12.2. The van der Waals surface area contributed by atoms with Crippen LogP contribution >= 0.6 is 0 Å². The van der Waals surface area contributed by atoms with Gasteiger partial charge in [-0.05, 0) is 25.3 Å². The number of carbonyl (C=O) groups is 1. The second-order valence-electron chi connectivity index (χ2n) is 5.48. The molecule has 0 spiro atoms. The average Bonchev–Trinajstić information content (AvgIpc) is 3.08. The van der Waals surface area contributed by atoms with Crippen LogP contribution in [0, 0.1) is 5.92 Å². The van der Waals surface area contributed by atoms with Crippen molar-refractivity contribution in [3.63, 3.8) is 0 Å². The van der Waals surface area contributed by atoms with Crippen LogP contribution in [0.5, 0.6) is 0 Å². The Morgan fingerprint density at radius 2 is 2.42 bits per heavy atom. The quantitative estimate of drug-likeness (QED) is 0.854. The molecule has 0 aromatic carbocycles. The third-order valence-corrected chi connectivity index (χ3v) is 4.18. The molecule has 1 aromatic heterocycles. The van der Waals surface area contributed by atoms with Gasteiger partial charge in [0.15, 0.2) is 0 Å². The highest BCUT2D eigenvalue weighted by Gasteiger charge is 2.29. The SMILES string of the molecule is O=C(NC1CCCc2occc21)N1CCC(CO)C1. The summed E-state index contributed by atoms with van der Waals surface area (Å²) in [6.45, 7) is 1.56. The van der Waals surface area contributed by atoms with Crippen molar-refractivity contribution in [1.29, 1.82) is 0 Å². The number of urea groups is 1. The largest absolute Gasteiger partial charge is 0.469 e. The second-order valence-corrected chi connectivity index (χ2v) is 5.48. The molecular formula is C14H20N2O3. The zero-order valence-electron chi connectivity index (χ0n) is 11.0. The number of fused-ring (bicyclic) bond motifs is 1. The standard InChI is InChI=1S/C14H20N2O3/c17-9-10-4-6-16(8-10)14(18)15-12-2-1-3-13-11(12)5-7-19-13/h5,7,10,12,17H,1-4,6,8-9H2,(H,15,18). The van der Waals surface area contributed by atoms with E-state index in [0.29, 0.717) is 6.54 Å². The number of aliphatic hydroxyl groups is 1. The molecule has 1 aliphatic carbocycles. The molecule has 0 bridgehead atoms. The molecule has 2 atom stereocenters. The van der Waals surface area contributed by atoms with Crippen molar-refractivity contribution in [2.45, 2.75) is 31.7 Å². The Bertz CT molecular complexity index is 457. The number of likely N-dealkylation sites (tertiary alicyclic amines) is 1. The number of aliphatic hydroxyl groups excluding tert-OH is 1. The van der Waals surface area contributed by atoms with E-state index >= 15 is 0 Å². The van der Waals surface area contributed by atoms with Crippen LogP contribution < -0.4 is 5.32 Å². The van der Waals surface area contributed by atoms with Crippen molar-refractivity contribution in [1.82, 2.24) is 10.2 Å². The average molecular weight is 264 g/mol. The fourth-order valence-electron chi connectivity index (χ4n) is 3.04. The molecule has 2 heterocycles. The Morgan fingerprint density at radius 3 is 3.21 bits per heavy atom. The highest BCUT2D eigenvalue weighted by molar-refractivity contribution is 5.75. The van der Waals surface area contributed by atoms with Crippen LogP contribution in [0.3, 0.4) is 0 Å². The minimum absolute atomic E-state index is 0.0185. The summed E-state index contributed by atoms with van der Waals surface area (Å²) < 4.78 is 5.43. The third kappa shape index (κ3) is 2.47. The zero-order chi connectivity index (χ0) is 13.2. The fraction of sp³-hybridized carbons (Fsp3) is 0.643. The number of hydrogen-bond donors (Lipinski definition) is 2. The Balaban J connectivity index is 1.62. The number of carbonyl (C=O) groups excluding carboxylic acids is 1. The molecule has 3 rings (SSSR count). The predicted octanol–water partition coefficient (Wildman–Crippen LogP) is 1.68. The van der Waals surface area contributed by atoms with E-state index in [2.05, 4.69) is 5.32 Å². The molecule has 104 valence electrons. The molecule has 2 amide bonds. The third-order valence-electron chi connectivity index (χ3n) is 4.18. The first-order valence-corrected chi connectivity index (χ1v) is 7.00. The molecule has 2 aliphatic rings. The smallest absolute Gasteiger partial charge is 0.317 e. The highest BCUT2D eigenvalue weighted by atomic mass is 16.3. The van der Waals surface area contributed by atoms with E-state index in [1.165, 1.54) is 0 Å². The van der Waals surface area contributed by atoms with Crippen LogP contribution in [0.15, 0.2) is 16.7 Å². The predicted molar refractivity (Wildman–Crippen MR) is 69.7 cm³/mol. The lowest BCUT2D eigenvalue weighted by Gasteiger charge is -2.26. The maximum atomic E-state index is 12.2. The van der Waals surface area contributed by atoms with Gasteiger partial charge in [0.2, 0.25) is 0 Å². The van der Waals surface area contributed by atoms with Crippen molar-refractivity contribution in [2.75, 3.05) is 19.7 Å². The van der Waals surface area contributed by atoms with E-state index in [4.69, 9.17) is 9.52 Å². The van der Waals surface area contributed by atoms with Gasteiger partial charge in [0, 0.05) is 37.6 Å². The maximum Gasteiger partial charge on any atom is 0.317 e. The van der Waals surface area contributed by atoms with Crippen LogP contribution in [-0.4, -0.2) is 35.7 Å². The molecule has 1 fully saturated rings. The number of nitrogens with zero attached hydrogens (tertiary/aromatic N) is 1. The van der Waals surface area contributed by atoms with Crippen LogP contribution in [0.1, 0.15) is 36.6 Å². The Labute approximate surface area is 112 Å². The number of amides is 2. The van der Waals surface area contributed by atoms with Gasteiger partial charge in [-0.25, -0.2) is 4.79 Å². The molecule has 1 aliphatic heterocycles. The van der Waals surface area contributed by atoms with E-state index in [1.54, 1.807) is 11.2 Å². The van der Waals surface area contributed by atoms with Crippen molar-refractivity contribution in [2.24, 2.45) is 5.92 Å². The summed E-state index contributed by atoms with van der Waals surface area (Å²) >= 11 is 0. The molecule has 2 N–H and O–H groups in total. The second kappa shape index (κ2) is 5.25. The molecule has 5 nitrogen and oxygen atoms in total. The summed E-state index contributed by atoms with van der Waals surface area (Å²) in [5.74, 6) is 1.24. The van der Waals surface area contributed by atoms with E-state index in [1.807, 2.05) is 6.07 Å². The summed E-state index contributed by atoms with van der Waals surface area (Å²) in [7, 11) is 0. The summed E-state index contributed by atoms with van der Waals surface area (Å²) in [6, 6.07) is 2.01. The zero-order valence-corrected chi connectivity index (χ0v) is 11.0. The number of rotatable bonds is 2. The molecule has 1 aromatic rings. The summed E-state index contributed by atoms with van der Waals surface area (Å²) in [5.41, 5.74) is 1.12. The first-order chi connectivity index (χ1) is 9.28. The van der Waals surface area contributed by atoms with Crippen LogP contribution in [-0.2, 0) is 6.42 Å². The van der Waals surface area contributed by atoms with Crippen molar-refractivity contribution < 1.29 is 14.3 Å². The van der Waals surface area contributed by atoms with E-state index < -0.39 is 0 Å². The van der Waals surface area contributed by atoms with Gasteiger partial charge in [-0.2, -0.15) is 0 Å². The topological polar surface area (TPSA) is 65.7 Å². The van der Waals surface area contributed by atoms with Gasteiger partial charge < -0.3 is 19.7 Å². The monoisotopic (exact) mass is 264 g/mol. The molecule has 19 heavy (non-hydrogen) atoms. The van der Waals surface area contributed by atoms with Crippen molar-refractivity contribution in [3.05, 3.63) is 23.7 Å². The molecule has 1 saturated heterocycles. The molecular weight excluding hydrogens is 244 g/mol. The van der Waals surface area contributed by atoms with Gasteiger partial charge in [-0.1, -0.05) is 0 Å². The van der Waals surface area contributed by atoms with Gasteiger partial charge in [-0.15, -0.1) is 0 Å². The number of aryl methyl sites for hydroxylation is 1. The van der Waals surface area contributed by atoms with Crippen molar-refractivity contribution >= 4 is 6.03 Å². The fourth-order valence-corrected chi connectivity index (χ4v) is 3.04.